The molecule has 1 aromatic carbocycles. The lowest BCUT2D eigenvalue weighted by Gasteiger charge is -2.21. The minimum atomic E-state index is -0.733. The Labute approximate surface area is 157 Å². The van der Waals surface area contributed by atoms with Gasteiger partial charge in [-0.1, -0.05) is 43.0 Å². The Morgan fingerprint density at radius 2 is 2.00 bits per heavy atom. The van der Waals surface area contributed by atoms with Gasteiger partial charge in [0, 0.05) is 0 Å². The van der Waals surface area contributed by atoms with E-state index in [0.717, 1.165) is 17.7 Å². The van der Waals surface area contributed by atoms with E-state index in [1.807, 2.05) is 31.2 Å². The number of ether oxygens (including phenoxy) is 2. The van der Waals surface area contributed by atoms with Gasteiger partial charge in [0.25, 0.3) is 5.91 Å². The van der Waals surface area contributed by atoms with E-state index >= 15 is 0 Å². The van der Waals surface area contributed by atoms with Crippen LogP contribution in [0.5, 0.6) is 5.75 Å². The molecular weight excluding hydrogens is 358 g/mol. The number of carbonyl (C=O) groups is 2. The van der Waals surface area contributed by atoms with Crippen LogP contribution in [0, 0.1) is 0 Å². The van der Waals surface area contributed by atoms with Crippen molar-refractivity contribution in [3.05, 3.63) is 34.7 Å². The average Bonchev–Trinajstić information content (AvgIpc) is 2.87. The average molecular weight is 380 g/mol. The number of esters is 1. The third-order valence-corrected chi connectivity index (χ3v) is 4.82. The van der Waals surface area contributed by atoms with Crippen molar-refractivity contribution >= 4 is 46.3 Å². The normalized spacial score (nSPS) is 17.1. The van der Waals surface area contributed by atoms with Crippen LogP contribution in [-0.4, -0.2) is 40.4 Å². The van der Waals surface area contributed by atoms with Crippen LogP contribution in [0.4, 0.5) is 0 Å². The number of amides is 1. The Balaban J connectivity index is 2.12. The zero-order valence-electron chi connectivity index (χ0n) is 14.5. The standard InChI is InChI=1S/C18H21NO4S2/c1-4-10-23-14-8-6-13(7-9-14)11-15-16(20)19(18(24)25-15)12(3)17(21)22-5-2/h6-9,11-12H,4-5,10H2,1-3H3/b15-11-. The second-order valence-corrected chi connectivity index (χ2v) is 7.07. The van der Waals surface area contributed by atoms with Gasteiger partial charge in [-0.05, 0) is 44.0 Å². The van der Waals surface area contributed by atoms with Crippen molar-refractivity contribution in [2.24, 2.45) is 0 Å². The summed E-state index contributed by atoms with van der Waals surface area (Å²) in [6.45, 7) is 6.33. The molecule has 1 atom stereocenters. The van der Waals surface area contributed by atoms with Crippen molar-refractivity contribution < 1.29 is 19.1 Å². The molecule has 1 fully saturated rings. The molecule has 1 heterocycles. The van der Waals surface area contributed by atoms with Crippen molar-refractivity contribution in [1.29, 1.82) is 0 Å². The monoisotopic (exact) mass is 379 g/mol. The topological polar surface area (TPSA) is 55.8 Å². The fourth-order valence-electron chi connectivity index (χ4n) is 2.21. The Kier molecular flexibility index (Phi) is 7.01. The minimum Gasteiger partial charge on any atom is -0.494 e. The Morgan fingerprint density at radius 1 is 1.32 bits per heavy atom. The first kappa shape index (κ1) is 19.5. The number of hydrogen-bond donors (Lipinski definition) is 0. The first-order valence-electron chi connectivity index (χ1n) is 8.14. The molecule has 1 amide bonds. The summed E-state index contributed by atoms with van der Waals surface area (Å²) in [7, 11) is 0. The molecule has 2 rings (SSSR count). The molecule has 0 N–H and O–H groups in total. The van der Waals surface area contributed by atoms with Crippen molar-refractivity contribution in [2.75, 3.05) is 13.2 Å². The van der Waals surface area contributed by atoms with E-state index in [9.17, 15) is 9.59 Å². The van der Waals surface area contributed by atoms with Gasteiger partial charge in [-0.3, -0.25) is 9.69 Å². The maximum absolute atomic E-state index is 12.6. The Morgan fingerprint density at radius 3 is 2.60 bits per heavy atom. The smallest absolute Gasteiger partial charge is 0.329 e. The van der Waals surface area contributed by atoms with Gasteiger partial charge in [-0.2, -0.15) is 0 Å². The summed E-state index contributed by atoms with van der Waals surface area (Å²) < 4.78 is 10.9. The van der Waals surface area contributed by atoms with Gasteiger partial charge in [-0.25, -0.2) is 4.79 Å². The molecule has 0 spiro atoms. The fourth-order valence-corrected chi connectivity index (χ4v) is 3.63. The molecule has 1 aliphatic heterocycles. The highest BCUT2D eigenvalue weighted by atomic mass is 32.2. The van der Waals surface area contributed by atoms with E-state index in [-0.39, 0.29) is 12.5 Å². The first-order valence-corrected chi connectivity index (χ1v) is 9.37. The number of thioether (sulfide) groups is 1. The van der Waals surface area contributed by atoms with Crippen LogP contribution in [0.3, 0.4) is 0 Å². The molecule has 0 radical (unpaired) electrons. The molecule has 1 unspecified atom stereocenters. The summed E-state index contributed by atoms with van der Waals surface area (Å²) in [5, 5.41) is 0. The lowest BCUT2D eigenvalue weighted by Crippen LogP contribution is -2.42. The predicted molar refractivity (Wildman–Crippen MR) is 103 cm³/mol. The number of thiocarbonyl (C=S) groups is 1. The summed E-state index contributed by atoms with van der Waals surface area (Å²) in [6.07, 6.45) is 2.71. The zero-order chi connectivity index (χ0) is 18.4. The van der Waals surface area contributed by atoms with E-state index in [4.69, 9.17) is 21.7 Å². The Bertz CT molecular complexity index is 685. The third kappa shape index (κ3) is 4.83. The molecule has 0 aliphatic carbocycles. The molecule has 1 aromatic rings. The van der Waals surface area contributed by atoms with E-state index in [2.05, 4.69) is 0 Å². The molecule has 1 aliphatic rings. The highest BCUT2D eigenvalue weighted by Crippen LogP contribution is 2.34. The molecule has 1 saturated heterocycles. The van der Waals surface area contributed by atoms with Gasteiger partial charge in [0.1, 0.15) is 16.1 Å². The molecule has 7 heteroatoms. The third-order valence-electron chi connectivity index (χ3n) is 3.49. The molecule has 0 bridgehead atoms. The van der Waals surface area contributed by atoms with E-state index in [1.165, 1.54) is 16.7 Å². The van der Waals surface area contributed by atoms with Gasteiger partial charge in [0.2, 0.25) is 0 Å². The van der Waals surface area contributed by atoms with Crippen molar-refractivity contribution in [1.82, 2.24) is 4.90 Å². The minimum absolute atomic E-state index is 0.264. The fraction of sp³-hybridized carbons (Fsp3) is 0.389. The van der Waals surface area contributed by atoms with Crippen LogP contribution < -0.4 is 4.74 Å². The van der Waals surface area contributed by atoms with Crippen LogP contribution in [0.1, 0.15) is 32.8 Å². The number of rotatable bonds is 7. The predicted octanol–water partition coefficient (Wildman–Crippen LogP) is 3.63. The zero-order valence-corrected chi connectivity index (χ0v) is 16.1. The summed E-state index contributed by atoms with van der Waals surface area (Å²) in [4.78, 5) is 26.3. The van der Waals surface area contributed by atoms with E-state index in [1.54, 1.807) is 19.9 Å². The highest BCUT2D eigenvalue weighted by molar-refractivity contribution is 8.26. The molecule has 5 nitrogen and oxygen atoms in total. The number of benzene rings is 1. The van der Waals surface area contributed by atoms with E-state index < -0.39 is 12.0 Å². The maximum Gasteiger partial charge on any atom is 0.329 e. The van der Waals surface area contributed by atoms with Crippen molar-refractivity contribution in [2.45, 2.75) is 33.2 Å². The SMILES string of the molecule is CCCOc1ccc(/C=C2\SC(=S)N(C(C)C(=O)OCC)C2=O)cc1. The summed E-state index contributed by atoms with van der Waals surface area (Å²) in [5.74, 6) is 0.0572. The largest absolute Gasteiger partial charge is 0.494 e. The van der Waals surface area contributed by atoms with Crippen LogP contribution in [0.2, 0.25) is 0 Å². The van der Waals surface area contributed by atoms with Gasteiger partial charge in [0.05, 0.1) is 18.1 Å². The van der Waals surface area contributed by atoms with Gasteiger partial charge < -0.3 is 9.47 Å². The first-order chi connectivity index (χ1) is 12.0. The molecular formula is C18H21NO4S2. The highest BCUT2D eigenvalue weighted by Gasteiger charge is 2.38. The summed E-state index contributed by atoms with van der Waals surface area (Å²) in [5.41, 5.74) is 0.869. The van der Waals surface area contributed by atoms with Crippen molar-refractivity contribution in [3.8, 4) is 5.75 Å². The maximum atomic E-state index is 12.6. The van der Waals surface area contributed by atoms with Gasteiger partial charge >= 0.3 is 5.97 Å². The summed E-state index contributed by atoms with van der Waals surface area (Å²) >= 11 is 6.45. The second kappa shape index (κ2) is 9.01. The lowest BCUT2D eigenvalue weighted by atomic mass is 10.2. The number of nitrogens with zero attached hydrogens (tertiary/aromatic N) is 1. The van der Waals surface area contributed by atoms with Crippen molar-refractivity contribution in [3.63, 3.8) is 0 Å². The lowest BCUT2D eigenvalue weighted by molar-refractivity contribution is -0.149. The molecule has 0 aromatic heterocycles. The molecule has 0 saturated carbocycles. The van der Waals surface area contributed by atoms with Gasteiger partial charge in [0.15, 0.2) is 0 Å². The molecule has 134 valence electrons. The quantitative estimate of drug-likeness (QED) is 0.410. The second-order valence-electron chi connectivity index (χ2n) is 5.40. The van der Waals surface area contributed by atoms with Crippen LogP contribution in [0.25, 0.3) is 6.08 Å². The van der Waals surface area contributed by atoms with Gasteiger partial charge in [-0.15, -0.1) is 0 Å². The van der Waals surface area contributed by atoms with Crippen LogP contribution in [0.15, 0.2) is 29.2 Å². The summed E-state index contributed by atoms with van der Waals surface area (Å²) in [6, 6.07) is 6.76. The van der Waals surface area contributed by atoms with Crippen LogP contribution in [-0.2, 0) is 14.3 Å². The number of carbonyl (C=O) groups excluding carboxylic acids is 2. The number of hydrogen-bond acceptors (Lipinski definition) is 6. The molecule has 25 heavy (non-hydrogen) atoms. The van der Waals surface area contributed by atoms with Crippen LogP contribution >= 0.6 is 24.0 Å². The van der Waals surface area contributed by atoms with E-state index in [0.29, 0.717) is 15.8 Å². The Hall–Kier alpha value is -1.86.